The number of nitrogens with one attached hydrogen (secondary N) is 1. The molecule has 17 heavy (non-hydrogen) atoms. The van der Waals surface area contributed by atoms with Gasteiger partial charge in [0, 0.05) is 32.3 Å². The number of hydrogen-bond acceptors (Lipinski definition) is 2. The normalized spacial score (nSPS) is 16.4. The van der Waals surface area contributed by atoms with E-state index in [9.17, 15) is 4.79 Å². The summed E-state index contributed by atoms with van der Waals surface area (Å²) in [5.74, 6) is 0.106. The summed E-state index contributed by atoms with van der Waals surface area (Å²) >= 11 is 0. The molecule has 1 saturated heterocycles. The van der Waals surface area contributed by atoms with Gasteiger partial charge in [-0.3, -0.25) is 4.79 Å². The molecule has 0 atom stereocenters. The first-order chi connectivity index (χ1) is 8.27. The van der Waals surface area contributed by atoms with Gasteiger partial charge in [-0.15, -0.1) is 0 Å². The Morgan fingerprint density at radius 3 is 2.71 bits per heavy atom. The Labute approximate surface area is 102 Å². The molecule has 0 unspecified atom stereocenters. The zero-order chi connectivity index (χ0) is 12.1. The van der Waals surface area contributed by atoms with Gasteiger partial charge in [0.2, 0.25) is 5.91 Å². The van der Waals surface area contributed by atoms with Gasteiger partial charge in [-0.25, -0.2) is 0 Å². The predicted octanol–water partition coefficient (Wildman–Crippen LogP) is 1.44. The molecule has 1 aromatic carbocycles. The topological polar surface area (TPSA) is 32.3 Å². The van der Waals surface area contributed by atoms with E-state index < -0.39 is 0 Å². The fraction of sp³-hybridized carbons (Fsp3) is 0.357. The summed E-state index contributed by atoms with van der Waals surface area (Å²) in [4.78, 5) is 13.8. The molecule has 3 heteroatoms. The highest BCUT2D eigenvalue weighted by atomic mass is 16.2. The molecular formula is C14H18N2O. The lowest BCUT2D eigenvalue weighted by Crippen LogP contribution is -2.45. The molecule has 1 amide bonds. The number of nitrogens with zero attached hydrogens (tertiary/aromatic N) is 1. The van der Waals surface area contributed by atoms with Gasteiger partial charge in [0.15, 0.2) is 0 Å². The highest BCUT2D eigenvalue weighted by molar-refractivity contribution is 5.92. The molecule has 0 spiro atoms. The lowest BCUT2D eigenvalue weighted by atomic mass is 10.1. The smallest absolute Gasteiger partial charge is 0.246 e. The van der Waals surface area contributed by atoms with Gasteiger partial charge < -0.3 is 10.2 Å². The molecule has 0 bridgehead atoms. The molecule has 1 heterocycles. The van der Waals surface area contributed by atoms with E-state index in [1.165, 1.54) is 5.56 Å². The van der Waals surface area contributed by atoms with Gasteiger partial charge in [0.1, 0.15) is 0 Å². The third kappa shape index (κ3) is 3.17. The first-order valence-corrected chi connectivity index (χ1v) is 6.01. The zero-order valence-electron chi connectivity index (χ0n) is 10.1. The minimum absolute atomic E-state index is 0.106. The lowest BCUT2D eigenvalue weighted by Gasteiger charge is -2.26. The molecular weight excluding hydrogens is 212 g/mol. The second-order valence-corrected chi connectivity index (χ2v) is 4.27. The average Bonchev–Trinajstić information content (AvgIpc) is 2.38. The first-order valence-electron chi connectivity index (χ1n) is 6.01. The fourth-order valence-corrected chi connectivity index (χ4v) is 1.93. The molecule has 0 aromatic heterocycles. The number of rotatable bonds is 2. The summed E-state index contributed by atoms with van der Waals surface area (Å²) in [5.41, 5.74) is 2.30. The Morgan fingerprint density at radius 1 is 1.29 bits per heavy atom. The fourth-order valence-electron chi connectivity index (χ4n) is 1.93. The number of aryl methyl sites for hydroxylation is 1. The summed E-state index contributed by atoms with van der Waals surface area (Å²) in [6.07, 6.45) is 3.58. The van der Waals surface area contributed by atoms with Crippen molar-refractivity contribution in [2.45, 2.75) is 6.92 Å². The van der Waals surface area contributed by atoms with Crippen LogP contribution in [0.4, 0.5) is 0 Å². The Hall–Kier alpha value is -1.61. The van der Waals surface area contributed by atoms with Crippen molar-refractivity contribution in [1.82, 2.24) is 10.2 Å². The maximum atomic E-state index is 11.9. The van der Waals surface area contributed by atoms with Gasteiger partial charge in [-0.1, -0.05) is 24.3 Å². The SMILES string of the molecule is Cc1ccccc1/C=C/C(=O)N1CCNCC1. The minimum Gasteiger partial charge on any atom is -0.337 e. The third-order valence-corrected chi connectivity index (χ3v) is 3.02. The van der Waals surface area contributed by atoms with Gasteiger partial charge in [-0.2, -0.15) is 0 Å². The van der Waals surface area contributed by atoms with Crippen LogP contribution in [-0.2, 0) is 4.79 Å². The van der Waals surface area contributed by atoms with Crippen LogP contribution >= 0.6 is 0 Å². The van der Waals surface area contributed by atoms with E-state index in [1.807, 2.05) is 29.2 Å². The van der Waals surface area contributed by atoms with Gasteiger partial charge in [-0.05, 0) is 24.1 Å². The highest BCUT2D eigenvalue weighted by Crippen LogP contribution is 2.09. The molecule has 0 aliphatic carbocycles. The monoisotopic (exact) mass is 230 g/mol. The van der Waals surface area contributed by atoms with Crippen LogP contribution in [0.2, 0.25) is 0 Å². The maximum absolute atomic E-state index is 11.9. The van der Waals surface area contributed by atoms with Crippen LogP contribution in [0.5, 0.6) is 0 Å². The lowest BCUT2D eigenvalue weighted by molar-refractivity contribution is -0.126. The van der Waals surface area contributed by atoms with E-state index >= 15 is 0 Å². The number of piperazine rings is 1. The first kappa shape index (κ1) is 11.9. The molecule has 1 aliphatic heterocycles. The van der Waals surface area contributed by atoms with Crippen molar-refractivity contribution in [1.29, 1.82) is 0 Å². The van der Waals surface area contributed by atoms with Crippen molar-refractivity contribution in [3.63, 3.8) is 0 Å². The van der Waals surface area contributed by atoms with Crippen LogP contribution in [0, 0.1) is 6.92 Å². The van der Waals surface area contributed by atoms with Crippen molar-refractivity contribution in [2.75, 3.05) is 26.2 Å². The van der Waals surface area contributed by atoms with Crippen LogP contribution < -0.4 is 5.32 Å². The summed E-state index contributed by atoms with van der Waals surface area (Å²) in [6.45, 7) is 5.44. The van der Waals surface area contributed by atoms with Gasteiger partial charge >= 0.3 is 0 Å². The van der Waals surface area contributed by atoms with Crippen LogP contribution in [0.25, 0.3) is 6.08 Å². The van der Waals surface area contributed by atoms with Crippen LogP contribution in [-0.4, -0.2) is 37.0 Å². The molecule has 1 aromatic rings. The number of benzene rings is 1. The molecule has 2 rings (SSSR count). The van der Waals surface area contributed by atoms with E-state index in [1.54, 1.807) is 6.08 Å². The molecule has 1 aliphatic rings. The molecule has 0 saturated carbocycles. The predicted molar refractivity (Wildman–Crippen MR) is 69.7 cm³/mol. The summed E-state index contributed by atoms with van der Waals surface area (Å²) in [5, 5.41) is 3.23. The van der Waals surface area contributed by atoms with E-state index in [-0.39, 0.29) is 5.91 Å². The number of amides is 1. The second-order valence-electron chi connectivity index (χ2n) is 4.27. The summed E-state index contributed by atoms with van der Waals surface area (Å²) < 4.78 is 0. The summed E-state index contributed by atoms with van der Waals surface area (Å²) in [7, 11) is 0. The van der Waals surface area contributed by atoms with Crippen LogP contribution in [0.3, 0.4) is 0 Å². The Morgan fingerprint density at radius 2 is 2.00 bits per heavy atom. The number of carbonyl (C=O) groups is 1. The molecule has 0 radical (unpaired) electrons. The largest absolute Gasteiger partial charge is 0.337 e. The van der Waals surface area contributed by atoms with E-state index in [0.29, 0.717) is 0 Å². The van der Waals surface area contributed by atoms with Crippen LogP contribution in [0.15, 0.2) is 30.3 Å². The Kier molecular flexibility index (Phi) is 3.94. The van der Waals surface area contributed by atoms with Crippen LogP contribution in [0.1, 0.15) is 11.1 Å². The highest BCUT2D eigenvalue weighted by Gasteiger charge is 2.12. The Balaban J connectivity index is 2.00. The number of hydrogen-bond donors (Lipinski definition) is 1. The van der Waals surface area contributed by atoms with Gasteiger partial charge in [0.25, 0.3) is 0 Å². The Bertz CT molecular complexity index is 420. The molecule has 1 N–H and O–H groups in total. The van der Waals surface area contributed by atoms with E-state index in [2.05, 4.69) is 18.3 Å². The molecule has 1 fully saturated rings. The second kappa shape index (κ2) is 5.64. The van der Waals surface area contributed by atoms with E-state index in [0.717, 1.165) is 31.7 Å². The van der Waals surface area contributed by atoms with Crippen molar-refractivity contribution >= 4 is 12.0 Å². The third-order valence-electron chi connectivity index (χ3n) is 3.02. The number of carbonyl (C=O) groups excluding carboxylic acids is 1. The zero-order valence-corrected chi connectivity index (χ0v) is 10.1. The minimum atomic E-state index is 0.106. The van der Waals surface area contributed by atoms with Crippen molar-refractivity contribution in [3.05, 3.63) is 41.5 Å². The quantitative estimate of drug-likeness (QED) is 0.780. The molecule has 90 valence electrons. The average molecular weight is 230 g/mol. The van der Waals surface area contributed by atoms with Crippen molar-refractivity contribution in [3.8, 4) is 0 Å². The maximum Gasteiger partial charge on any atom is 0.246 e. The van der Waals surface area contributed by atoms with Gasteiger partial charge in [0.05, 0.1) is 0 Å². The van der Waals surface area contributed by atoms with Crippen molar-refractivity contribution < 1.29 is 4.79 Å². The van der Waals surface area contributed by atoms with E-state index in [4.69, 9.17) is 0 Å². The summed E-state index contributed by atoms with van der Waals surface area (Å²) in [6, 6.07) is 8.07. The van der Waals surface area contributed by atoms with Crippen molar-refractivity contribution in [2.24, 2.45) is 0 Å². The molecule has 3 nitrogen and oxygen atoms in total. The standard InChI is InChI=1S/C14H18N2O/c1-12-4-2-3-5-13(12)6-7-14(17)16-10-8-15-9-11-16/h2-7,15H,8-11H2,1H3/b7-6+.